The van der Waals surface area contributed by atoms with Gasteiger partial charge in [0.15, 0.2) is 0 Å². The smallest absolute Gasteiger partial charge is 0.259 e. The molecule has 134 valence electrons. The van der Waals surface area contributed by atoms with E-state index in [0.717, 1.165) is 11.1 Å². The van der Waals surface area contributed by atoms with Crippen molar-refractivity contribution in [3.05, 3.63) is 70.8 Å². The standard InChI is InChI=1S/C18H13N5O2S2/c24-16(21-18-23-22-17(27-18)13-3-6-19-7-4-13)14-1-2-15(20-9-14)25-10-12-5-8-26-11-12/h1-9,11H,10H2,(H,21,23,24). The van der Waals surface area contributed by atoms with Gasteiger partial charge in [-0.1, -0.05) is 11.3 Å². The Morgan fingerprint density at radius 1 is 1.11 bits per heavy atom. The molecule has 0 fully saturated rings. The Hall–Kier alpha value is -3.17. The molecule has 1 amide bonds. The van der Waals surface area contributed by atoms with Gasteiger partial charge in [0, 0.05) is 35.8 Å². The Balaban J connectivity index is 1.37. The predicted molar refractivity (Wildman–Crippen MR) is 104 cm³/mol. The number of amides is 1. The Morgan fingerprint density at radius 3 is 2.74 bits per heavy atom. The number of carbonyl (C=O) groups is 1. The predicted octanol–water partition coefficient (Wildman–Crippen LogP) is 3.89. The highest BCUT2D eigenvalue weighted by molar-refractivity contribution is 7.18. The van der Waals surface area contributed by atoms with Gasteiger partial charge in [0.1, 0.15) is 11.6 Å². The molecule has 1 N–H and O–H groups in total. The third kappa shape index (κ3) is 4.33. The number of anilines is 1. The van der Waals surface area contributed by atoms with Crippen LogP contribution < -0.4 is 10.1 Å². The van der Waals surface area contributed by atoms with Crippen LogP contribution in [-0.4, -0.2) is 26.1 Å². The third-order valence-corrected chi connectivity index (χ3v) is 5.16. The molecule has 4 aromatic heterocycles. The Bertz CT molecular complexity index is 1020. The van der Waals surface area contributed by atoms with Crippen LogP contribution in [0.25, 0.3) is 10.6 Å². The summed E-state index contributed by atoms with van der Waals surface area (Å²) in [6.07, 6.45) is 4.84. The first-order chi connectivity index (χ1) is 13.3. The van der Waals surface area contributed by atoms with Crippen LogP contribution in [0.4, 0.5) is 5.13 Å². The van der Waals surface area contributed by atoms with E-state index in [1.807, 2.05) is 29.0 Å². The van der Waals surface area contributed by atoms with Gasteiger partial charge in [-0.3, -0.25) is 15.1 Å². The van der Waals surface area contributed by atoms with Crippen LogP contribution >= 0.6 is 22.7 Å². The minimum Gasteiger partial charge on any atom is -0.473 e. The van der Waals surface area contributed by atoms with E-state index in [1.54, 1.807) is 35.9 Å². The second-order valence-electron chi connectivity index (χ2n) is 5.41. The van der Waals surface area contributed by atoms with Gasteiger partial charge in [-0.2, -0.15) is 11.3 Å². The Labute approximate surface area is 162 Å². The highest BCUT2D eigenvalue weighted by Crippen LogP contribution is 2.26. The Kier molecular flexibility index (Phi) is 5.13. The van der Waals surface area contributed by atoms with Gasteiger partial charge in [0.05, 0.1) is 5.56 Å². The molecule has 4 aromatic rings. The minimum absolute atomic E-state index is 0.302. The lowest BCUT2D eigenvalue weighted by atomic mass is 10.3. The van der Waals surface area contributed by atoms with Crippen molar-refractivity contribution in [3.63, 3.8) is 0 Å². The summed E-state index contributed by atoms with van der Waals surface area (Å²) in [4.78, 5) is 20.5. The molecule has 0 radical (unpaired) electrons. The van der Waals surface area contributed by atoms with Crippen molar-refractivity contribution in [2.45, 2.75) is 6.61 Å². The van der Waals surface area contributed by atoms with E-state index in [2.05, 4.69) is 25.5 Å². The van der Waals surface area contributed by atoms with E-state index in [4.69, 9.17) is 4.74 Å². The fourth-order valence-corrected chi connectivity index (χ4v) is 3.58. The van der Waals surface area contributed by atoms with Crippen LogP contribution in [-0.2, 0) is 6.61 Å². The summed E-state index contributed by atoms with van der Waals surface area (Å²) in [7, 11) is 0. The van der Waals surface area contributed by atoms with Gasteiger partial charge >= 0.3 is 0 Å². The molecule has 0 aliphatic rings. The van der Waals surface area contributed by atoms with Crippen molar-refractivity contribution in [1.29, 1.82) is 0 Å². The van der Waals surface area contributed by atoms with E-state index < -0.39 is 0 Å². The van der Waals surface area contributed by atoms with Gasteiger partial charge in [0.25, 0.3) is 5.91 Å². The van der Waals surface area contributed by atoms with Gasteiger partial charge in [-0.05, 0) is 35.0 Å². The number of pyridine rings is 2. The number of carbonyl (C=O) groups excluding carboxylic acids is 1. The quantitative estimate of drug-likeness (QED) is 0.533. The number of ether oxygens (including phenoxy) is 1. The van der Waals surface area contributed by atoms with Crippen LogP contribution in [0, 0.1) is 0 Å². The maximum Gasteiger partial charge on any atom is 0.259 e. The number of thiophene rings is 1. The number of hydrogen-bond acceptors (Lipinski definition) is 8. The van der Waals surface area contributed by atoms with Crippen molar-refractivity contribution in [3.8, 4) is 16.5 Å². The van der Waals surface area contributed by atoms with E-state index in [1.165, 1.54) is 17.5 Å². The number of hydrogen-bond donors (Lipinski definition) is 1. The molecule has 0 spiro atoms. The van der Waals surface area contributed by atoms with Crippen LogP contribution in [0.3, 0.4) is 0 Å². The molecular weight excluding hydrogens is 382 g/mol. The van der Waals surface area contributed by atoms with Crippen molar-refractivity contribution >= 4 is 33.7 Å². The summed E-state index contributed by atoms with van der Waals surface area (Å²) in [6.45, 7) is 0.449. The molecule has 0 aromatic carbocycles. The minimum atomic E-state index is -0.302. The zero-order valence-electron chi connectivity index (χ0n) is 13.9. The summed E-state index contributed by atoms with van der Waals surface area (Å²) >= 11 is 2.91. The van der Waals surface area contributed by atoms with E-state index in [0.29, 0.717) is 28.2 Å². The van der Waals surface area contributed by atoms with Crippen LogP contribution in [0.1, 0.15) is 15.9 Å². The molecule has 0 saturated heterocycles. The average Bonchev–Trinajstić information content (AvgIpc) is 3.39. The fourth-order valence-electron chi connectivity index (χ4n) is 2.19. The maximum atomic E-state index is 12.4. The zero-order chi connectivity index (χ0) is 18.5. The van der Waals surface area contributed by atoms with Gasteiger partial charge in [-0.15, -0.1) is 10.2 Å². The average molecular weight is 395 g/mol. The highest BCUT2D eigenvalue weighted by Gasteiger charge is 2.12. The summed E-state index contributed by atoms with van der Waals surface area (Å²) in [5.41, 5.74) is 2.40. The number of nitrogens with zero attached hydrogens (tertiary/aromatic N) is 4. The van der Waals surface area contributed by atoms with Crippen molar-refractivity contribution in [2.75, 3.05) is 5.32 Å². The number of rotatable bonds is 6. The molecule has 0 unspecified atom stereocenters. The normalized spacial score (nSPS) is 10.5. The lowest BCUT2D eigenvalue weighted by Crippen LogP contribution is -2.12. The lowest BCUT2D eigenvalue weighted by molar-refractivity contribution is 0.102. The first kappa shape index (κ1) is 17.3. The molecule has 0 saturated carbocycles. The van der Waals surface area contributed by atoms with E-state index in [-0.39, 0.29) is 5.91 Å². The molecule has 4 rings (SSSR count). The van der Waals surface area contributed by atoms with E-state index in [9.17, 15) is 4.79 Å². The summed E-state index contributed by atoms with van der Waals surface area (Å²) in [5, 5.41) is 16.0. The molecule has 0 aliphatic heterocycles. The SMILES string of the molecule is O=C(Nc1nnc(-c2ccncc2)s1)c1ccc(OCc2ccsc2)nc1. The first-order valence-electron chi connectivity index (χ1n) is 7.93. The summed E-state index contributed by atoms with van der Waals surface area (Å²) in [5.74, 6) is 0.165. The first-order valence-corrected chi connectivity index (χ1v) is 9.69. The largest absolute Gasteiger partial charge is 0.473 e. The van der Waals surface area contributed by atoms with Gasteiger partial charge < -0.3 is 4.74 Å². The van der Waals surface area contributed by atoms with Crippen LogP contribution in [0.5, 0.6) is 5.88 Å². The molecule has 9 heteroatoms. The molecule has 0 atom stereocenters. The summed E-state index contributed by atoms with van der Waals surface area (Å²) < 4.78 is 5.59. The monoisotopic (exact) mass is 395 g/mol. The molecule has 4 heterocycles. The third-order valence-electron chi connectivity index (χ3n) is 3.54. The zero-order valence-corrected chi connectivity index (χ0v) is 15.5. The Morgan fingerprint density at radius 2 is 2.00 bits per heavy atom. The fraction of sp³-hybridized carbons (Fsp3) is 0.0556. The molecular formula is C18H13N5O2S2. The topological polar surface area (TPSA) is 89.9 Å². The van der Waals surface area contributed by atoms with Crippen molar-refractivity contribution in [2.24, 2.45) is 0 Å². The second kappa shape index (κ2) is 8.02. The van der Waals surface area contributed by atoms with E-state index >= 15 is 0 Å². The number of aromatic nitrogens is 4. The molecule has 0 bridgehead atoms. The lowest BCUT2D eigenvalue weighted by Gasteiger charge is -2.05. The molecule has 0 aliphatic carbocycles. The van der Waals surface area contributed by atoms with Crippen LogP contribution in [0.15, 0.2) is 59.7 Å². The molecule has 27 heavy (non-hydrogen) atoms. The van der Waals surface area contributed by atoms with Crippen molar-refractivity contribution < 1.29 is 9.53 Å². The van der Waals surface area contributed by atoms with Crippen molar-refractivity contribution in [1.82, 2.24) is 20.2 Å². The maximum absolute atomic E-state index is 12.4. The van der Waals surface area contributed by atoms with Gasteiger partial charge in [0.2, 0.25) is 11.0 Å². The number of nitrogens with one attached hydrogen (secondary N) is 1. The summed E-state index contributed by atoms with van der Waals surface area (Å²) in [6, 6.07) is 9.00. The highest BCUT2D eigenvalue weighted by atomic mass is 32.1. The van der Waals surface area contributed by atoms with Crippen LogP contribution in [0.2, 0.25) is 0 Å². The molecule has 7 nitrogen and oxygen atoms in total. The van der Waals surface area contributed by atoms with Gasteiger partial charge in [-0.25, -0.2) is 4.98 Å². The second-order valence-corrected chi connectivity index (χ2v) is 7.17.